The highest BCUT2D eigenvalue weighted by atomic mass is 35.5. The van der Waals surface area contributed by atoms with E-state index in [0.29, 0.717) is 47.3 Å². The number of rotatable bonds is 10. The van der Waals surface area contributed by atoms with E-state index in [1.807, 2.05) is 60.0 Å². The Labute approximate surface area is 201 Å². The van der Waals surface area contributed by atoms with Gasteiger partial charge in [0.15, 0.2) is 0 Å². The van der Waals surface area contributed by atoms with Crippen LogP contribution in [-0.2, 0) is 11.3 Å². The van der Waals surface area contributed by atoms with Crippen LogP contribution in [0.4, 0.5) is 0 Å². The Kier molecular flexibility index (Phi) is 7.90. The Morgan fingerprint density at radius 3 is 2.79 bits per heavy atom. The third-order valence-electron chi connectivity index (χ3n) is 5.44. The number of aromatic nitrogens is 2. The first-order valence-electron chi connectivity index (χ1n) is 10.8. The molecule has 0 aliphatic rings. The van der Waals surface area contributed by atoms with Crippen molar-refractivity contribution in [3.05, 3.63) is 86.7 Å². The van der Waals surface area contributed by atoms with Gasteiger partial charge in [0, 0.05) is 42.8 Å². The summed E-state index contributed by atoms with van der Waals surface area (Å²) >= 11 is 7.58. The third kappa shape index (κ3) is 5.88. The highest BCUT2D eigenvalue weighted by molar-refractivity contribution is 7.17. The Morgan fingerprint density at radius 2 is 2.03 bits per heavy atom. The van der Waals surface area contributed by atoms with Gasteiger partial charge >= 0.3 is 0 Å². The highest BCUT2D eigenvalue weighted by Gasteiger charge is 2.17. The van der Waals surface area contributed by atoms with Crippen LogP contribution in [0.3, 0.4) is 0 Å². The molecule has 0 aliphatic heterocycles. The van der Waals surface area contributed by atoms with Gasteiger partial charge < -0.3 is 14.8 Å². The fourth-order valence-electron chi connectivity index (χ4n) is 3.84. The summed E-state index contributed by atoms with van der Waals surface area (Å²) in [5, 5.41) is 13.9. The molecule has 8 heteroatoms. The molecule has 0 fully saturated rings. The zero-order valence-corrected chi connectivity index (χ0v) is 19.9. The maximum absolute atomic E-state index is 13.0. The summed E-state index contributed by atoms with van der Waals surface area (Å²) < 4.78 is 5.19. The third-order valence-corrected chi connectivity index (χ3v) is 6.55. The normalized spacial score (nSPS) is 12.5. The molecule has 0 aliphatic carbocycles. The predicted octanol–water partition coefficient (Wildman–Crippen LogP) is 4.88. The molecule has 0 spiro atoms. The number of halogens is 1. The van der Waals surface area contributed by atoms with Crippen LogP contribution in [0.2, 0.25) is 5.02 Å². The zero-order chi connectivity index (χ0) is 23.2. The summed E-state index contributed by atoms with van der Waals surface area (Å²) in [5.74, 6) is 0.574. The minimum Gasteiger partial charge on any atom is -0.387 e. The Morgan fingerprint density at radius 1 is 1.21 bits per heavy atom. The summed E-state index contributed by atoms with van der Waals surface area (Å²) in [5.41, 5.74) is 2.40. The van der Waals surface area contributed by atoms with Crippen LogP contribution < -0.4 is 5.56 Å². The number of hydrogen-bond donors (Lipinski definition) is 2. The van der Waals surface area contributed by atoms with Gasteiger partial charge in [-0.15, -0.1) is 11.3 Å². The maximum atomic E-state index is 13.0. The van der Waals surface area contributed by atoms with Crippen LogP contribution in [0.5, 0.6) is 0 Å². The molecule has 0 bridgehead atoms. The number of benzene rings is 2. The van der Waals surface area contributed by atoms with Crippen LogP contribution in [-0.4, -0.2) is 46.8 Å². The molecule has 33 heavy (non-hydrogen) atoms. The van der Waals surface area contributed by atoms with E-state index in [0.717, 1.165) is 23.1 Å². The molecular weight excluding hydrogens is 458 g/mol. The number of aliphatic hydroxyl groups is 1. The lowest BCUT2D eigenvalue weighted by atomic mass is 10.1. The summed E-state index contributed by atoms with van der Waals surface area (Å²) in [4.78, 5) is 23.5. The maximum Gasteiger partial charge on any atom is 0.260 e. The molecule has 4 rings (SSSR count). The molecule has 2 aromatic carbocycles. The number of nitrogens with one attached hydrogen (secondary N) is 1. The van der Waals surface area contributed by atoms with Gasteiger partial charge in [-0.2, -0.15) is 0 Å². The standard InChI is InChI=1S/C25H26ClN3O3S/c1-32-12-6-11-29(14-21(30)17-7-3-2-4-8-17)15-22-27-24(31)23-20(16-33-25(23)28-22)18-9-5-10-19(26)13-18/h2-5,7-10,13,16,21,30H,6,11-12,14-15H2,1H3,(H,27,28,31)/t21-/m0/s1. The Bertz CT molecular complexity index is 1260. The van der Waals surface area contributed by atoms with Crippen molar-refractivity contribution < 1.29 is 9.84 Å². The van der Waals surface area contributed by atoms with Crippen molar-refractivity contribution in [3.8, 4) is 11.1 Å². The van der Waals surface area contributed by atoms with E-state index in [1.165, 1.54) is 11.3 Å². The van der Waals surface area contributed by atoms with Gasteiger partial charge in [-0.25, -0.2) is 4.98 Å². The summed E-state index contributed by atoms with van der Waals surface area (Å²) in [6.07, 6.45) is 0.169. The first-order valence-corrected chi connectivity index (χ1v) is 12.0. The fraction of sp³-hybridized carbons (Fsp3) is 0.280. The van der Waals surface area contributed by atoms with Gasteiger partial charge in [0.2, 0.25) is 0 Å². The first-order chi connectivity index (χ1) is 16.0. The number of hydrogen-bond acceptors (Lipinski definition) is 6. The number of methoxy groups -OCH3 is 1. The number of aliphatic hydroxyl groups excluding tert-OH is 1. The quantitative estimate of drug-likeness (QED) is 0.314. The van der Waals surface area contributed by atoms with Gasteiger partial charge in [0.25, 0.3) is 5.56 Å². The molecule has 0 saturated carbocycles. The van der Waals surface area contributed by atoms with Crippen molar-refractivity contribution in [2.24, 2.45) is 0 Å². The van der Waals surface area contributed by atoms with Crippen LogP contribution >= 0.6 is 22.9 Å². The second-order valence-electron chi connectivity index (χ2n) is 7.86. The molecular formula is C25H26ClN3O3S. The highest BCUT2D eigenvalue weighted by Crippen LogP contribution is 2.32. The molecule has 2 N–H and O–H groups in total. The number of ether oxygens (including phenoxy) is 1. The second kappa shape index (κ2) is 11.0. The lowest BCUT2D eigenvalue weighted by Crippen LogP contribution is -2.31. The van der Waals surface area contributed by atoms with Crippen molar-refractivity contribution in [3.63, 3.8) is 0 Å². The average Bonchev–Trinajstić information content (AvgIpc) is 3.24. The largest absolute Gasteiger partial charge is 0.387 e. The molecule has 4 aromatic rings. The summed E-state index contributed by atoms with van der Waals surface area (Å²) in [6, 6.07) is 17.0. The van der Waals surface area contributed by atoms with E-state index in [-0.39, 0.29) is 5.56 Å². The lowest BCUT2D eigenvalue weighted by Gasteiger charge is -2.24. The van der Waals surface area contributed by atoms with Crippen LogP contribution in [0.1, 0.15) is 23.9 Å². The molecule has 0 amide bonds. The van der Waals surface area contributed by atoms with Crippen LogP contribution in [0.25, 0.3) is 21.3 Å². The molecule has 0 radical (unpaired) electrons. The van der Waals surface area contributed by atoms with Gasteiger partial charge in [0.05, 0.1) is 18.0 Å². The van der Waals surface area contributed by atoms with Crippen molar-refractivity contribution in [1.82, 2.24) is 14.9 Å². The Balaban J connectivity index is 1.58. The van der Waals surface area contributed by atoms with E-state index in [9.17, 15) is 9.90 Å². The monoisotopic (exact) mass is 483 g/mol. The summed E-state index contributed by atoms with van der Waals surface area (Å²) in [7, 11) is 1.67. The topological polar surface area (TPSA) is 78.5 Å². The van der Waals surface area contributed by atoms with Crippen molar-refractivity contribution >= 4 is 33.2 Å². The fourth-order valence-corrected chi connectivity index (χ4v) is 5.00. The molecule has 2 aromatic heterocycles. The predicted molar refractivity (Wildman–Crippen MR) is 134 cm³/mol. The SMILES string of the molecule is COCCCN(Cc1nc2scc(-c3cccc(Cl)c3)c2c(=O)[nH]1)C[C@H](O)c1ccccc1. The number of aromatic amines is 1. The average molecular weight is 484 g/mol. The molecule has 2 heterocycles. The smallest absolute Gasteiger partial charge is 0.260 e. The number of thiophene rings is 1. The van der Waals surface area contributed by atoms with Crippen molar-refractivity contribution in [2.45, 2.75) is 19.1 Å². The van der Waals surface area contributed by atoms with E-state index >= 15 is 0 Å². The van der Waals surface area contributed by atoms with Gasteiger partial charge in [-0.05, 0) is 29.7 Å². The number of nitrogens with zero attached hydrogens (tertiary/aromatic N) is 2. The minimum atomic E-state index is -0.639. The van der Waals surface area contributed by atoms with Crippen LogP contribution in [0, 0.1) is 0 Å². The number of H-pyrrole nitrogens is 1. The van der Waals surface area contributed by atoms with E-state index in [4.69, 9.17) is 21.3 Å². The summed E-state index contributed by atoms with van der Waals surface area (Å²) in [6.45, 7) is 2.17. The minimum absolute atomic E-state index is 0.174. The second-order valence-corrected chi connectivity index (χ2v) is 9.15. The molecule has 6 nitrogen and oxygen atoms in total. The zero-order valence-electron chi connectivity index (χ0n) is 18.3. The van der Waals surface area contributed by atoms with Gasteiger partial charge in [0.1, 0.15) is 10.7 Å². The van der Waals surface area contributed by atoms with Crippen LogP contribution in [0.15, 0.2) is 64.8 Å². The van der Waals surface area contributed by atoms with Crippen molar-refractivity contribution in [2.75, 3.05) is 26.8 Å². The Hall–Kier alpha value is -2.55. The van der Waals surface area contributed by atoms with E-state index < -0.39 is 6.10 Å². The molecule has 172 valence electrons. The molecule has 0 saturated heterocycles. The van der Waals surface area contributed by atoms with Crippen molar-refractivity contribution in [1.29, 1.82) is 0 Å². The number of fused-ring (bicyclic) bond motifs is 1. The van der Waals surface area contributed by atoms with Gasteiger partial charge in [-0.1, -0.05) is 54.1 Å². The lowest BCUT2D eigenvalue weighted by molar-refractivity contribution is 0.0981. The van der Waals surface area contributed by atoms with E-state index in [1.54, 1.807) is 7.11 Å². The van der Waals surface area contributed by atoms with Gasteiger partial charge in [-0.3, -0.25) is 9.69 Å². The van der Waals surface area contributed by atoms with E-state index in [2.05, 4.69) is 9.88 Å². The first kappa shape index (κ1) is 23.6. The molecule has 0 unspecified atom stereocenters. The molecule has 1 atom stereocenters.